The Bertz CT molecular complexity index is 1550. The van der Waals surface area contributed by atoms with Gasteiger partial charge in [0, 0.05) is 18.3 Å². The van der Waals surface area contributed by atoms with Crippen molar-refractivity contribution in [3.63, 3.8) is 0 Å². The number of aromatic nitrogens is 5. The summed E-state index contributed by atoms with van der Waals surface area (Å²) in [4.78, 5) is 10.6. The van der Waals surface area contributed by atoms with Crippen molar-refractivity contribution >= 4 is 28.2 Å². The van der Waals surface area contributed by atoms with E-state index in [4.69, 9.17) is 4.74 Å². The number of aryl methyl sites for hydroxylation is 1. The number of rotatable bonds is 1. The van der Waals surface area contributed by atoms with Gasteiger partial charge in [-0.15, -0.1) is 10.2 Å². The third-order valence-electron chi connectivity index (χ3n) is 6.47. The van der Waals surface area contributed by atoms with E-state index in [1.54, 1.807) is 34.4 Å². The summed E-state index contributed by atoms with van der Waals surface area (Å²) >= 11 is 0. The topological polar surface area (TPSA) is 68.4 Å². The Morgan fingerprint density at radius 3 is 2.74 bits per heavy atom. The Kier molecular flexibility index (Phi) is 4.73. The number of fused-ring (bicyclic) bond motifs is 4. The highest BCUT2D eigenvalue weighted by atomic mass is 19.4. The average Bonchev–Trinajstić information content (AvgIpc) is 3.58. The van der Waals surface area contributed by atoms with Gasteiger partial charge in [0.2, 0.25) is 0 Å². The first-order valence-electron chi connectivity index (χ1n) is 11.0. The lowest BCUT2D eigenvalue weighted by atomic mass is 10.1. The summed E-state index contributed by atoms with van der Waals surface area (Å²) in [6, 6.07) is 6.42. The predicted octanol–water partition coefficient (Wildman–Crippen LogP) is 4.48. The molecule has 11 heteroatoms. The van der Waals surface area contributed by atoms with Crippen LogP contribution in [0.15, 0.2) is 30.5 Å². The maximum atomic E-state index is 15.2. The van der Waals surface area contributed by atoms with Gasteiger partial charge in [0.05, 0.1) is 29.8 Å². The molecular weight excluding hydrogens is 464 g/mol. The normalized spacial score (nSPS) is 17.1. The van der Waals surface area contributed by atoms with E-state index in [2.05, 4.69) is 32.0 Å². The first-order valence-corrected chi connectivity index (χ1v) is 11.0. The first-order chi connectivity index (χ1) is 16.8. The van der Waals surface area contributed by atoms with Gasteiger partial charge in [-0.2, -0.15) is 18.2 Å². The fraction of sp³-hybridized carbons (Fsp3) is 0.333. The number of anilines is 2. The van der Waals surface area contributed by atoms with Crippen LogP contribution in [0.3, 0.4) is 0 Å². The summed E-state index contributed by atoms with van der Waals surface area (Å²) in [6.07, 6.45) is -2.95. The standard InChI is InChI=1S/C24H18F4N6O/c1-14-31-32-22-30-21(20-16(25)3-2-4-19(20)34(14)22)33-11-12-35-13-15-17(29-10-6-18(15)33)5-7-23(8-9-23)24(26,27)28/h2-4,6,10H,8-9,11-13H2,1H3. The number of alkyl halides is 3. The van der Waals surface area contributed by atoms with E-state index < -0.39 is 17.4 Å². The fourth-order valence-electron chi connectivity index (χ4n) is 4.41. The molecule has 7 nitrogen and oxygen atoms in total. The maximum absolute atomic E-state index is 15.2. The van der Waals surface area contributed by atoms with E-state index in [0.717, 1.165) is 0 Å². The summed E-state index contributed by atoms with van der Waals surface area (Å²) in [6.45, 7) is 2.47. The van der Waals surface area contributed by atoms with Crippen LogP contribution >= 0.6 is 0 Å². The van der Waals surface area contributed by atoms with E-state index in [9.17, 15) is 13.2 Å². The second-order valence-corrected chi connectivity index (χ2v) is 8.64. The Labute approximate surface area is 196 Å². The molecule has 2 aliphatic rings. The lowest BCUT2D eigenvalue weighted by molar-refractivity contribution is -0.168. The zero-order valence-electron chi connectivity index (χ0n) is 18.5. The molecule has 0 unspecified atom stereocenters. The molecule has 6 rings (SSSR count). The molecule has 0 amide bonds. The third-order valence-corrected chi connectivity index (χ3v) is 6.47. The highest BCUT2D eigenvalue weighted by Crippen LogP contribution is 2.57. The molecule has 1 aliphatic heterocycles. The number of pyridine rings is 1. The van der Waals surface area contributed by atoms with Gasteiger partial charge >= 0.3 is 6.18 Å². The van der Waals surface area contributed by atoms with Crippen molar-refractivity contribution in [2.75, 3.05) is 18.1 Å². The largest absolute Gasteiger partial charge is 0.405 e. The SMILES string of the molecule is Cc1nnc2nc(N3CCOCc4c3ccnc4C#CC3(C(F)(F)F)CC3)c3c(F)cccc3n12. The van der Waals surface area contributed by atoms with Crippen LogP contribution in [-0.2, 0) is 11.3 Å². The zero-order valence-corrected chi connectivity index (χ0v) is 18.5. The van der Waals surface area contributed by atoms with Crippen LogP contribution in [-0.4, -0.2) is 43.9 Å². The lowest BCUT2D eigenvalue weighted by Gasteiger charge is -2.25. The molecule has 0 N–H and O–H groups in total. The number of hydrogen-bond donors (Lipinski definition) is 0. The Morgan fingerprint density at radius 1 is 1.14 bits per heavy atom. The van der Waals surface area contributed by atoms with Gasteiger partial charge in [0.25, 0.3) is 5.78 Å². The minimum atomic E-state index is -4.39. The smallest absolute Gasteiger partial charge is 0.375 e. The molecule has 0 bridgehead atoms. The molecule has 3 aromatic heterocycles. The molecule has 4 heterocycles. The number of halogens is 4. The molecule has 0 radical (unpaired) electrons. The lowest BCUT2D eigenvalue weighted by Crippen LogP contribution is -2.23. The molecule has 0 spiro atoms. The van der Waals surface area contributed by atoms with Gasteiger partial charge in [0.1, 0.15) is 28.6 Å². The van der Waals surface area contributed by atoms with E-state index in [-0.39, 0.29) is 37.1 Å². The quantitative estimate of drug-likeness (QED) is 0.294. The van der Waals surface area contributed by atoms with Crippen LogP contribution in [0.4, 0.5) is 29.1 Å². The van der Waals surface area contributed by atoms with Crippen LogP contribution in [0, 0.1) is 30.0 Å². The van der Waals surface area contributed by atoms with Crippen molar-refractivity contribution in [3.8, 4) is 11.8 Å². The van der Waals surface area contributed by atoms with Gasteiger partial charge in [-0.25, -0.2) is 9.37 Å². The molecule has 0 atom stereocenters. The highest BCUT2D eigenvalue weighted by molar-refractivity contribution is 5.94. The molecule has 1 saturated carbocycles. The van der Waals surface area contributed by atoms with E-state index in [0.29, 0.717) is 40.7 Å². The van der Waals surface area contributed by atoms with Crippen molar-refractivity contribution in [1.82, 2.24) is 24.6 Å². The van der Waals surface area contributed by atoms with E-state index >= 15 is 4.39 Å². The van der Waals surface area contributed by atoms with E-state index in [1.807, 2.05) is 0 Å². The van der Waals surface area contributed by atoms with Crippen molar-refractivity contribution < 1.29 is 22.3 Å². The number of benzene rings is 1. The van der Waals surface area contributed by atoms with Crippen LogP contribution in [0.25, 0.3) is 16.7 Å². The van der Waals surface area contributed by atoms with Crippen LogP contribution in [0.5, 0.6) is 0 Å². The predicted molar refractivity (Wildman–Crippen MR) is 118 cm³/mol. The Hall–Kier alpha value is -3.78. The second-order valence-electron chi connectivity index (χ2n) is 8.64. The van der Waals surface area contributed by atoms with Gasteiger partial charge in [-0.3, -0.25) is 4.40 Å². The molecule has 1 aliphatic carbocycles. The number of ether oxygens (including phenoxy) is 1. The third kappa shape index (κ3) is 3.39. The van der Waals surface area contributed by atoms with Crippen LogP contribution in [0.2, 0.25) is 0 Å². The molecule has 0 saturated heterocycles. The van der Waals surface area contributed by atoms with Gasteiger partial charge in [0.15, 0.2) is 0 Å². The minimum Gasteiger partial charge on any atom is -0.375 e. The first kappa shape index (κ1) is 21.7. The molecule has 4 aromatic rings. The van der Waals surface area contributed by atoms with Crippen molar-refractivity contribution in [3.05, 3.63) is 53.4 Å². The molecule has 178 valence electrons. The summed E-state index contributed by atoms with van der Waals surface area (Å²) in [5.74, 6) is 5.77. The highest BCUT2D eigenvalue weighted by Gasteiger charge is 2.62. The number of nitrogens with zero attached hydrogens (tertiary/aromatic N) is 6. The van der Waals surface area contributed by atoms with Crippen molar-refractivity contribution in [2.45, 2.75) is 32.5 Å². The van der Waals surface area contributed by atoms with Gasteiger partial charge in [-0.05, 0) is 43.9 Å². The number of hydrogen-bond acceptors (Lipinski definition) is 6. The summed E-state index contributed by atoms with van der Waals surface area (Å²) in [7, 11) is 0. The van der Waals surface area contributed by atoms with E-state index in [1.165, 1.54) is 12.3 Å². The maximum Gasteiger partial charge on any atom is 0.405 e. The Morgan fingerprint density at radius 2 is 1.97 bits per heavy atom. The summed E-state index contributed by atoms with van der Waals surface area (Å²) < 4.78 is 62.8. The molecule has 1 aromatic carbocycles. The van der Waals surface area contributed by atoms with Crippen LogP contribution < -0.4 is 4.90 Å². The van der Waals surface area contributed by atoms with Gasteiger partial charge < -0.3 is 9.64 Å². The molecule has 1 fully saturated rings. The zero-order chi connectivity index (χ0) is 24.4. The molecular formula is C24H18F4N6O. The minimum absolute atomic E-state index is 0.0197. The van der Waals surface area contributed by atoms with Crippen LogP contribution in [0.1, 0.15) is 29.9 Å². The Balaban J connectivity index is 1.54. The van der Waals surface area contributed by atoms with Crippen molar-refractivity contribution in [1.29, 1.82) is 0 Å². The monoisotopic (exact) mass is 482 g/mol. The summed E-state index contributed by atoms with van der Waals surface area (Å²) in [5.41, 5.74) is -0.0982. The summed E-state index contributed by atoms with van der Waals surface area (Å²) in [5, 5.41) is 8.47. The average molecular weight is 482 g/mol. The second kappa shape index (κ2) is 7.61. The van der Waals surface area contributed by atoms with Crippen molar-refractivity contribution in [2.24, 2.45) is 5.41 Å². The molecule has 35 heavy (non-hydrogen) atoms. The van der Waals surface area contributed by atoms with Gasteiger partial charge in [-0.1, -0.05) is 12.0 Å². The fourth-order valence-corrected chi connectivity index (χ4v) is 4.41.